The smallest absolute Gasteiger partial charge is 0.356 e. The van der Waals surface area contributed by atoms with Gasteiger partial charge in [0.05, 0.1) is 23.4 Å². The van der Waals surface area contributed by atoms with Crippen molar-refractivity contribution in [1.29, 1.82) is 0 Å². The Labute approximate surface area is 225 Å². The number of aromatic hydroxyl groups is 1. The number of anilines is 1. The van der Waals surface area contributed by atoms with Crippen molar-refractivity contribution in [3.63, 3.8) is 0 Å². The highest BCUT2D eigenvalue weighted by atomic mass is 31.2. The lowest BCUT2D eigenvalue weighted by atomic mass is 9.78. The summed E-state index contributed by atoms with van der Waals surface area (Å²) in [6.45, 7) is 0. The first-order valence-corrected chi connectivity index (χ1v) is 14.1. The van der Waals surface area contributed by atoms with E-state index in [1.165, 1.54) is 47.4 Å². The van der Waals surface area contributed by atoms with E-state index in [9.17, 15) is 33.7 Å². The molecule has 0 aliphatic carbocycles. The summed E-state index contributed by atoms with van der Waals surface area (Å²) < 4.78 is 25.7. The number of phenols is 1. The van der Waals surface area contributed by atoms with Gasteiger partial charge in [-0.1, -0.05) is 60.7 Å². The molecule has 1 saturated heterocycles. The first kappa shape index (κ1) is 26.8. The summed E-state index contributed by atoms with van der Waals surface area (Å²) >= 11 is 0. The summed E-state index contributed by atoms with van der Waals surface area (Å²) in [7, 11) is -4.48. The number of hydrogen-bond donors (Lipinski definition) is 4. The Hall–Kier alpha value is -3.81. The fraction of sp³-hybridized carbons (Fsp3) is 0.167. The number of rotatable bonds is 8. The zero-order valence-corrected chi connectivity index (χ0v) is 21.7. The number of aliphatic hydroxyl groups excluding tert-OH is 1. The molecule has 0 radical (unpaired) electrons. The maximum absolute atomic E-state index is 14.0. The van der Waals surface area contributed by atoms with E-state index in [1.807, 2.05) is 30.3 Å². The summed E-state index contributed by atoms with van der Waals surface area (Å²) in [4.78, 5) is 33.8. The zero-order chi connectivity index (χ0) is 27.7. The minimum Gasteiger partial charge on any atom is -0.507 e. The Morgan fingerprint density at radius 1 is 0.897 bits per heavy atom. The molecular formula is C30H27FNO6P. The molecule has 9 heteroatoms. The second-order valence-electron chi connectivity index (χ2n) is 9.61. The van der Waals surface area contributed by atoms with E-state index >= 15 is 0 Å². The molecule has 0 aromatic heterocycles. The van der Waals surface area contributed by atoms with Crippen molar-refractivity contribution in [3.8, 4) is 16.9 Å². The van der Waals surface area contributed by atoms with Crippen LogP contribution in [-0.2, 0) is 9.36 Å². The third-order valence-corrected chi connectivity index (χ3v) is 8.04. The van der Waals surface area contributed by atoms with Gasteiger partial charge in [-0.25, -0.2) is 4.39 Å². The van der Waals surface area contributed by atoms with Crippen LogP contribution in [-0.4, -0.2) is 25.9 Å². The molecule has 4 aromatic rings. The highest BCUT2D eigenvalue weighted by Crippen LogP contribution is 2.48. The Bertz CT molecular complexity index is 1560. The number of carbonyl (C=O) groups excluding carboxylic acids is 1. The first-order chi connectivity index (χ1) is 18.6. The fourth-order valence-corrected chi connectivity index (χ4v) is 5.72. The Kier molecular flexibility index (Phi) is 7.38. The van der Waals surface area contributed by atoms with Crippen molar-refractivity contribution >= 4 is 24.5 Å². The van der Waals surface area contributed by atoms with Crippen LogP contribution >= 0.6 is 7.60 Å². The standard InChI is InChI=1S/C30H27FNO6P/c31-22-9-5-10-23(18-22)32-29(26(30(32)35)14-15-27(33)19-6-2-1-3-7-19)21-12-13-25(28(34)17-21)20-8-4-11-24(16-20)39(36,37)38/h1-13,16-18,26-27,29,33-34H,14-15H2,(H2,36,37,38)/t26-,27+,29-/m1/s1. The van der Waals surface area contributed by atoms with Crippen LogP contribution in [0.2, 0.25) is 0 Å². The van der Waals surface area contributed by atoms with E-state index in [0.717, 1.165) is 5.56 Å². The number of aliphatic hydroxyl groups is 1. The van der Waals surface area contributed by atoms with Gasteiger partial charge in [0.2, 0.25) is 5.91 Å². The largest absolute Gasteiger partial charge is 0.507 e. The van der Waals surface area contributed by atoms with Crippen molar-refractivity contribution in [2.45, 2.75) is 25.0 Å². The predicted molar refractivity (Wildman–Crippen MR) is 146 cm³/mol. The quantitative estimate of drug-likeness (QED) is 0.178. The molecule has 1 fully saturated rings. The summed E-state index contributed by atoms with van der Waals surface area (Å²) in [5, 5.41) is 21.4. The number of nitrogens with zero attached hydrogens (tertiary/aromatic N) is 1. The third kappa shape index (κ3) is 5.51. The van der Waals surface area contributed by atoms with Gasteiger partial charge in [0, 0.05) is 11.3 Å². The molecule has 1 aliphatic rings. The van der Waals surface area contributed by atoms with E-state index in [1.54, 1.807) is 24.3 Å². The highest BCUT2D eigenvalue weighted by Gasteiger charge is 2.48. The van der Waals surface area contributed by atoms with E-state index in [0.29, 0.717) is 35.2 Å². The number of amides is 1. The van der Waals surface area contributed by atoms with Crippen molar-refractivity contribution in [2.24, 2.45) is 5.92 Å². The molecule has 7 nitrogen and oxygen atoms in total. The molecule has 0 saturated carbocycles. The number of carbonyl (C=O) groups is 1. The van der Waals surface area contributed by atoms with Gasteiger partial charge in [0.1, 0.15) is 11.6 Å². The van der Waals surface area contributed by atoms with Crippen molar-refractivity contribution < 1.29 is 33.7 Å². The number of halogens is 1. The second-order valence-corrected chi connectivity index (χ2v) is 11.2. The van der Waals surface area contributed by atoms with Crippen LogP contribution in [0.1, 0.15) is 36.1 Å². The Morgan fingerprint density at radius 2 is 1.64 bits per heavy atom. The van der Waals surface area contributed by atoms with Gasteiger partial charge < -0.3 is 24.9 Å². The molecule has 5 rings (SSSR count). The number of phenolic OH excluding ortho intramolecular Hbond substituents is 1. The minimum atomic E-state index is -4.48. The van der Waals surface area contributed by atoms with Crippen LogP contribution in [0.5, 0.6) is 5.75 Å². The molecule has 39 heavy (non-hydrogen) atoms. The summed E-state index contributed by atoms with van der Waals surface area (Å²) in [5.74, 6) is -1.32. The topological polar surface area (TPSA) is 118 Å². The normalized spacial score (nSPS) is 18.1. The Morgan fingerprint density at radius 3 is 2.33 bits per heavy atom. The lowest BCUT2D eigenvalue weighted by Gasteiger charge is -2.48. The lowest BCUT2D eigenvalue weighted by molar-refractivity contribution is -0.131. The lowest BCUT2D eigenvalue weighted by Crippen LogP contribution is -2.55. The summed E-state index contributed by atoms with van der Waals surface area (Å²) in [6.07, 6.45) is -0.0364. The molecule has 4 aromatic carbocycles. The minimum absolute atomic E-state index is 0.128. The van der Waals surface area contributed by atoms with Gasteiger partial charge in [0.25, 0.3) is 0 Å². The van der Waals surface area contributed by atoms with E-state index in [4.69, 9.17) is 0 Å². The van der Waals surface area contributed by atoms with Gasteiger partial charge in [-0.3, -0.25) is 9.36 Å². The van der Waals surface area contributed by atoms with Crippen LogP contribution in [0.3, 0.4) is 0 Å². The summed E-state index contributed by atoms with van der Waals surface area (Å²) in [5.41, 5.74) is 2.55. The van der Waals surface area contributed by atoms with Crippen LogP contribution in [0.25, 0.3) is 11.1 Å². The van der Waals surface area contributed by atoms with E-state index in [2.05, 4.69) is 0 Å². The fourth-order valence-electron chi connectivity index (χ4n) is 5.14. The Balaban J connectivity index is 1.46. The van der Waals surface area contributed by atoms with Crippen LogP contribution in [0.4, 0.5) is 10.1 Å². The molecule has 200 valence electrons. The number of hydrogen-bond acceptors (Lipinski definition) is 4. The molecule has 1 amide bonds. The van der Waals surface area contributed by atoms with Gasteiger partial charge >= 0.3 is 7.60 Å². The average molecular weight is 548 g/mol. The first-order valence-electron chi connectivity index (χ1n) is 12.4. The molecule has 0 spiro atoms. The van der Waals surface area contributed by atoms with Crippen molar-refractivity contribution in [3.05, 3.63) is 114 Å². The van der Waals surface area contributed by atoms with Crippen LogP contribution < -0.4 is 10.2 Å². The highest BCUT2D eigenvalue weighted by molar-refractivity contribution is 7.60. The second kappa shape index (κ2) is 10.8. The molecule has 4 N–H and O–H groups in total. The average Bonchev–Trinajstić information content (AvgIpc) is 2.91. The SMILES string of the molecule is O=C1[C@H](CC[C@H](O)c2ccccc2)[C@@H](c2ccc(-c3cccc(P(=O)(O)O)c3)c(O)c2)N1c1cccc(F)c1. The van der Waals surface area contributed by atoms with Crippen molar-refractivity contribution in [1.82, 2.24) is 0 Å². The van der Waals surface area contributed by atoms with Gasteiger partial charge in [0.15, 0.2) is 0 Å². The number of benzene rings is 4. The predicted octanol–water partition coefficient (Wildman–Crippen LogP) is 5.22. The van der Waals surface area contributed by atoms with Gasteiger partial charge in [-0.05, 0) is 65.9 Å². The van der Waals surface area contributed by atoms with E-state index < -0.39 is 31.5 Å². The summed E-state index contributed by atoms with van der Waals surface area (Å²) in [6, 6.07) is 25.1. The molecule has 1 heterocycles. The third-order valence-electron chi connectivity index (χ3n) is 7.09. The maximum atomic E-state index is 14.0. The molecule has 0 bridgehead atoms. The van der Waals surface area contributed by atoms with Gasteiger partial charge in [-0.2, -0.15) is 0 Å². The van der Waals surface area contributed by atoms with Gasteiger partial charge in [-0.15, -0.1) is 0 Å². The maximum Gasteiger partial charge on any atom is 0.356 e. The van der Waals surface area contributed by atoms with E-state index in [-0.39, 0.29) is 17.0 Å². The monoisotopic (exact) mass is 547 g/mol. The molecule has 1 aliphatic heterocycles. The van der Waals surface area contributed by atoms with Crippen LogP contribution in [0, 0.1) is 11.7 Å². The zero-order valence-electron chi connectivity index (χ0n) is 20.8. The molecular weight excluding hydrogens is 520 g/mol. The van der Waals surface area contributed by atoms with Crippen molar-refractivity contribution in [2.75, 3.05) is 4.90 Å². The number of β-lactam (4-membered cyclic amide) rings is 1. The molecule has 3 atom stereocenters. The molecule has 0 unspecified atom stereocenters. The van der Waals surface area contributed by atoms with Crippen LogP contribution in [0.15, 0.2) is 97.1 Å².